The third-order valence-corrected chi connectivity index (χ3v) is 6.10. The van der Waals surface area contributed by atoms with E-state index in [2.05, 4.69) is 16.0 Å². The summed E-state index contributed by atoms with van der Waals surface area (Å²) in [5.41, 5.74) is 1.89. The number of urea groups is 1. The second-order valence-corrected chi connectivity index (χ2v) is 8.10. The Bertz CT molecular complexity index is 1090. The molecule has 0 bridgehead atoms. The van der Waals surface area contributed by atoms with Gasteiger partial charge < -0.3 is 15.5 Å². The fourth-order valence-electron chi connectivity index (χ4n) is 3.46. The van der Waals surface area contributed by atoms with Gasteiger partial charge in [-0.25, -0.2) is 4.79 Å². The molecule has 30 heavy (non-hydrogen) atoms. The Balaban J connectivity index is 1.33. The topological polar surface area (TPSA) is 131 Å². The summed E-state index contributed by atoms with van der Waals surface area (Å²) in [4.78, 5) is 51.0. The maximum absolute atomic E-state index is 12.7. The van der Waals surface area contributed by atoms with Crippen LogP contribution in [-0.2, 0) is 22.7 Å². The molecule has 0 radical (unpaired) electrons. The second kappa shape index (κ2) is 7.96. The lowest BCUT2D eigenvalue weighted by atomic mass is 10.0. The SMILES string of the molecule is N#Cc1ccc(NC(=O)NCc2cc3c(s2)C(=O)N(C2CCC(=O)NC2=O)C3)cc1. The van der Waals surface area contributed by atoms with Crippen molar-refractivity contribution in [3.63, 3.8) is 0 Å². The molecule has 1 saturated heterocycles. The number of nitrogens with zero attached hydrogens (tertiary/aromatic N) is 2. The molecule has 0 saturated carbocycles. The number of carbonyl (C=O) groups excluding carboxylic acids is 4. The number of nitrogens with one attached hydrogen (secondary N) is 3. The molecule has 5 amide bonds. The van der Waals surface area contributed by atoms with Gasteiger partial charge in [-0.1, -0.05) is 0 Å². The van der Waals surface area contributed by atoms with Gasteiger partial charge in [0.15, 0.2) is 0 Å². The van der Waals surface area contributed by atoms with Crippen LogP contribution in [0.4, 0.5) is 10.5 Å². The van der Waals surface area contributed by atoms with Crippen LogP contribution in [0.1, 0.15) is 38.5 Å². The predicted octanol–water partition coefficient (Wildman–Crippen LogP) is 1.70. The molecule has 0 spiro atoms. The van der Waals surface area contributed by atoms with E-state index in [1.165, 1.54) is 16.2 Å². The molecule has 2 aromatic rings. The van der Waals surface area contributed by atoms with Gasteiger partial charge in [0.05, 0.1) is 23.1 Å². The molecule has 3 N–H and O–H groups in total. The molecule has 2 aliphatic heterocycles. The van der Waals surface area contributed by atoms with Gasteiger partial charge in [-0.2, -0.15) is 5.26 Å². The van der Waals surface area contributed by atoms with Crippen molar-refractivity contribution in [1.82, 2.24) is 15.5 Å². The van der Waals surface area contributed by atoms with Gasteiger partial charge in [-0.05, 0) is 42.3 Å². The first-order valence-corrected chi connectivity index (χ1v) is 10.1. The summed E-state index contributed by atoms with van der Waals surface area (Å²) in [7, 11) is 0. The predicted molar refractivity (Wildman–Crippen MR) is 107 cm³/mol. The van der Waals surface area contributed by atoms with E-state index in [4.69, 9.17) is 5.26 Å². The summed E-state index contributed by atoms with van der Waals surface area (Å²) in [5, 5.41) is 16.5. The third-order valence-electron chi connectivity index (χ3n) is 4.94. The molecule has 0 aliphatic carbocycles. The van der Waals surface area contributed by atoms with Crippen LogP contribution in [0.15, 0.2) is 30.3 Å². The first kappa shape index (κ1) is 19.6. The van der Waals surface area contributed by atoms with E-state index in [1.54, 1.807) is 24.3 Å². The lowest BCUT2D eigenvalue weighted by Gasteiger charge is -2.29. The number of benzene rings is 1. The Labute approximate surface area is 175 Å². The molecule has 3 heterocycles. The van der Waals surface area contributed by atoms with Crippen molar-refractivity contribution < 1.29 is 19.2 Å². The van der Waals surface area contributed by atoms with Gasteiger partial charge in [0.1, 0.15) is 6.04 Å². The van der Waals surface area contributed by atoms with Gasteiger partial charge in [-0.3, -0.25) is 19.7 Å². The fourth-order valence-corrected chi connectivity index (χ4v) is 4.53. The summed E-state index contributed by atoms with van der Waals surface area (Å²) in [6.45, 7) is 0.569. The van der Waals surface area contributed by atoms with Crippen molar-refractivity contribution >= 4 is 40.8 Å². The zero-order valence-corrected chi connectivity index (χ0v) is 16.5. The Hall–Kier alpha value is -3.71. The highest BCUT2D eigenvalue weighted by molar-refractivity contribution is 7.14. The Kier molecular flexibility index (Phi) is 5.20. The third kappa shape index (κ3) is 3.88. The van der Waals surface area contributed by atoms with Crippen molar-refractivity contribution in [3.8, 4) is 6.07 Å². The second-order valence-electron chi connectivity index (χ2n) is 6.96. The van der Waals surface area contributed by atoms with E-state index < -0.39 is 18.0 Å². The Morgan fingerprint density at radius 2 is 2.03 bits per heavy atom. The summed E-state index contributed by atoms with van der Waals surface area (Å²) < 4.78 is 0. The number of piperidine rings is 1. The van der Waals surface area contributed by atoms with Crippen LogP contribution in [0.5, 0.6) is 0 Å². The van der Waals surface area contributed by atoms with E-state index in [-0.39, 0.29) is 24.8 Å². The summed E-state index contributed by atoms with van der Waals surface area (Å²) in [6, 6.07) is 9.33. The zero-order valence-electron chi connectivity index (χ0n) is 15.7. The highest BCUT2D eigenvalue weighted by atomic mass is 32.1. The van der Waals surface area contributed by atoms with Crippen molar-refractivity contribution in [2.45, 2.75) is 32.0 Å². The summed E-state index contributed by atoms with van der Waals surface area (Å²) >= 11 is 1.28. The molecule has 1 unspecified atom stereocenters. The highest BCUT2D eigenvalue weighted by Gasteiger charge is 2.40. The average Bonchev–Trinajstić information content (AvgIpc) is 3.26. The first-order chi connectivity index (χ1) is 14.4. The van der Waals surface area contributed by atoms with Crippen LogP contribution in [0.25, 0.3) is 0 Å². The smallest absolute Gasteiger partial charge is 0.319 e. The average molecular weight is 423 g/mol. The van der Waals surface area contributed by atoms with Crippen LogP contribution >= 0.6 is 11.3 Å². The molecule has 9 nitrogen and oxygen atoms in total. The minimum absolute atomic E-state index is 0.220. The van der Waals surface area contributed by atoms with Crippen LogP contribution in [0.2, 0.25) is 0 Å². The number of hydrogen-bond acceptors (Lipinski definition) is 6. The highest BCUT2D eigenvalue weighted by Crippen LogP contribution is 2.33. The molecular weight excluding hydrogens is 406 g/mol. The number of carbonyl (C=O) groups is 4. The van der Waals surface area contributed by atoms with Crippen LogP contribution < -0.4 is 16.0 Å². The Morgan fingerprint density at radius 3 is 2.70 bits per heavy atom. The molecule has 4 rings (SSSR count). The number of imide groups is 1. The van der Waals surface area contributed by atoms with Crippen molar-refractivity contribution in [2.24, 2.45) is 0 Å². The number of fused-ring (bicyclic) bond motifs is 1. The molecule has 2 aliphatic rings. The van der Waals surface area contributed by atoms with E-state index >= 15 is 0 Å². The molecule has 1 aromatic heterocycles. The molecule has 1 fully saturated rings. The minimum atomic E-state index is -0.630. The fraction of sp³-hybridized carbons (Fsp3) is 0.250. The van der Waals surface area contributed by atoms with Crippen LogP contribution in [-0.4, -0.2) is 34.7 Å². The maximum Gasteiger partial charge on any atom is 0.319 e. The van der Waals surface area contributed by atoms with E-state index in [0.29, 0.717) is 29.1 Å². The van der Waals surface area contributed by atoms with E-state index in [9.17, 15) is 19.2 Å². The van der Waals surface area contributed by atoms with Gasteiger partial charge in [-0.15, -0.1) is 11.3 Å². The Morgan fingerprint density at radius 1 is 1.27 bits per heavy atom. The van der Waals surface area contributed by atoms with Gasteiger partial charge in [0.2, 0.25) is 11.8 Å². The standard InChI is InChI=1S/C20H17N5O4S/c21-8-11-1-3-13(4-2-11)23-20(29)22-9-14-7-12-10-25(19(28)17(12)30-14)15-5-6-16(26)24-18(15)27/h1-4,7,15H,5-6,9-10H2,(H2,22,23,29)(H,24,26,27). The molecule has 10 heteroatoms. The zero-order chi connectivity index (χ0) is 21.3. The lowest BCUT2D eigenvalue weighted by molar-refractivity contribution is -0.136. The molecular formula is C20H17N5O4S. The molecule has 152 valence electrons. The lowest BCUT2D eigenvalue weighted by Crippen LogP contribution is -2.52. The number of hydrogen-bond donors (Lipinski definition) is 3. The maximum atomic E-state index is 12.7. The van der Waals surface area contributed by atoms with Crippen LogP contribution in [0, 0.1) is 11.3 Å². The van der Waals surface area contributed by atoms with Gasteiger partial charge >= 0.3 is 6.03 Å². The summed E-state index contributed by atoms with van der Waals surface area (Å²) in [6.07, 6.45) is 0.548. The largest absolute Gasteiger partial charge is 0.333 e. The molecule has 1 aromatic carbocycles. The van der Waals surface area contributed by atoms with Gasteiger partial charge in [0.25, 0.3) is 5.91 Å². The molecule has 1 atom stereocenters. The number of thiophene rings is 1. The normalized spacial score (nSPS) is 17.9. The monoisotopic (exact) mass is 423 g/mol. The first-order valence-electron chi connectivity index (χ1n) is 9.26. The minimum Gasteiger partial charge on any atom is -0.333 e. The number of anilines is 1. The van der Waals surface area contributed by atoms with Crippen molar-refractivity contribution in [1.29, 1.82) is 5.26 Å². The van der Waals surface area contributed by atoms with Crippen molar-refractivity contribution in [3.05, 3.63) is 51.2 Å². The number of amides is 5. The number of nitriles is 1. The van der Waals surface area contributed by atoms with Crippen LogP contribution in [0.3, 0.4) is 0 Å². The quantitative estimate of drug-likeness (QED) is 0.644. The van der Waals surface area contributed by atoms with Gasteiger partial charge in [0, 0.05) is 23.5 Å². The van der Waals surface area contributed by atoms with Crippen molar-refractivity contribution in [2.75, 3.05) is 5.32 Å². The van der Waals surface area contributed by atoms with E-state index in [0.717, 1.165) is 10.4 Å². The van der Waals surface area contributed by atoms with E-state index in [1.807, 2.05) is 12.1 Å². The number of rotatable bonds is 4. The summed E-state index contributed by atoms with van der Waals surface area (Å²) in [5.74, 6) is -0.973.